The summed E-state index contributed by atoms with van der Waals surface area (Å²) < 4.78 is 31.1. The minimum atomic E-state index is -0.239. The number of rotatable bonds is 1. The Bertz CT molecular complexity index is 5600. The smallest absolute Gasteiger partial charge is 0.224 e. The normalized spacial score (nSPS) is 13.1. The molecule has 13 N–H and O–H groups in total. The zero-order valence-electron chi connectivity index (χ0n) is 65.1. The molecule has 30 nitrogen and oxygen atoms in total. The maximum Gasteiger partial charge on any atom is 0.224 e. The Morgan fingerprint density at radius 2 is 0.719 bits per heavy atom. The second-order valence-electron chi connectivity index (χ2n) is 28.0. The van der Waals surface area contributed by atoms with E-state index in [1.54, 1.807) is 46.8 Å². The summed E-state index contributed by atoms with van der Waals surface area (Å²) in [6, 6.07) is 44.9. The number of aryl methyl sites for hydroxylation is 9. The summed E-state index contributed by atoms with van der Waals surface area (Å²) in [5, 5.41) is 74.0. The van der Waals surface area contributed by atoms with E-state index in [1.165, 1.54) is 39.9 Å². The van der Waals surface area contributed by atoms with Gasteiger partial charge in [0.25, 0.3) is 0 Å². The number of para-hydroxylation sites is 5. The van der Waals surface area contributed by atoms with Gasteiger partial charge in [0.15, 0.2) is 0 Å². The minimum Gasteiger partial charge on any atom is -0.497 e. The molecular formula is C82H90ClFN28O2. The molecule has 584 valence electrons. The Morgan fingerprint density at radius 1 is 0.368 bits per heavy atom. The van der Waals surface area contributed by atoms with Crippen LogP contribution < -0.4 is 78.8 Å². The van der Waals surface area contributed by atoms with Crippen molar-refractivity contribution in [2.75, 3.05) is 81.1 Å². The van der Waals surface area contributed by atoms with Crippen LogP contribution in [0.1, 0.15) is 57.0 Å². The van der Waals surface area contributed by atoms with Gasteiger partial charge in [0.2, 0.25) is 5.91 Å². The van der Waals surface area contributed by atoms with Gasteiger partial charge in [-0.3, -0.25) is 37.6 Å². The third-order valence-electron chi connectivity index (χ3n) is 20.1. The number of carbonyl (C=O) groups is 1. The molecule has 0 saturated heterocycles. The van der Waals surface area contributed by atoms with Crippen LogP contribution in [-0.4, -0.2) is 81.5 Å². The van der Waals surface area contributed by atoms with Crippen molar-refractivity contribution in [2.45, 2.75) is 66.6 Å². The number of ether oxygens (including phenoxy) is 1. The van der Waals surface area contributed by atoms with E-state index in [0.29, 0.717) is 13.1 Å². The zero-order chi connectivity index (χ0) is 79.3. The molecule has 1 amide bonds. The largest absolute Gasteiger partial charge is 0.497 e. The molecule has 0 saturated carbocycles. The Hall–Kier alpha value is -14.1. The minimum absolute atomic E-state index is 0.0287. The Morgan fingerprint density at radius 3 is 1.20 bits per heavy atom. The van der Waals surface area contributed by atoms with E-state index in [9.17, 15) is 9.18 Å². The van der Waals surface area contributed by atoms with Crippen molar-refractivity contribution in [2.24, 2.45) is 49.3 Å². The van der Waals surface area contributed by atoms with Gasteiger partial charge in [-0.1, -0.05) is 54.1 Å². The molecule has 7 aliphatic heterocycles. The topological polar surface area (TPSA) is 311 Å². The highest BCUT2D eigenvalue weighted by atomic mass is 35.5. The van der Waals surface area contributed by atoms with Crippen LogP contribution in [0.5, 0.6) is 5.75 Å². The number of anilines is 21. The van der Waals surface area contributed by atoms with Crippen LogP contribution in [0.2, 0.25) is 5.02 Å². The fourth-order valence-corrected chi connectivity index (χ4v) is 14.0. The maximum atomic E-state index is 13.1. The van der Waals surface area contributed by atoms with Gasteiger partial charge in [0.1, 0.15) is 52.3 Å². The highest BCUT2D eigenvalue weighted by Crippen LogP contribution is 2.41. The Balaban J connectivity index is 0.000000105. The lowest BCUT2D eigenvalue weighted by atomic mass is 10.1. The van der Waals surface area contributed by atoms with Gasteiger partial charge in [-0.05, 0) is 116 Å². The van der Waals surface area contributed by atoms with Crippen molar-refractivity contribution in [1.82, 2.24) is 68.5 Å². The molecule has 0 aliphatic carbocycles. The lowest BCUT2D eigenvalue weighted by molar-refractivity contribution is -0.116. The summed E-state index contributed by atoms with van der Waals surface area (Å²) in [4.78, 5) is 13.6. The number of hydrogen-bond acceptors (Lipinski definition) is 22. The summed E-state index contributed by atoms with van der Waals surface area (Å²) in [6.07, 6.45) is 13.0. The number of halogens is 2. The van der Waals surface area contributed by atoms with E-state index < -0.39 is 0 Å². The van der Waals surface area contributed by atoms with Crippen LogP contribution in [-0.2, 0) is 99.9 Å². The van der Waals surface area contributed by atoms with Crippen molar-refractivity contribution in [3.05, 3.63) is 244 Å². The third-order valence-corrected chi connectivity index (χ3v) is 20.4. The molecule has 0 radical (unpaired) electrons. The van der Waals surface area contributed by atoms with Crippen molar-refractivity contribution >= 4 is 138 Å². The summed E-state index contributed by atoms with van der Waals surface area (Å²) in [7, 11) is 15.1. The quantitative estimate of drug-likeness (QED) is 0.0726. The van der Waals surface area contributed by atoms with Crippen LogP contribution in [0.4, 0.5) is 125 Å². The molecule has 21 rings (SSSR count). The van der Waals surface area contributed by atoms with E-state index in [4.69, 9.17) is 16.3 Å². The summed E-state index contributed by atoms with van der Waals surface area (Å²) >= 11 is 5.96. The predicted octanol–water partition coefficient (Wildman–Crippen LogP) is 16.0. The Kier molecular flexibility index (Phi) is 21.7. The highest BCUT2D eigenvalue weighted by molar-refractivity contribution is 6.31. The molecule has 0 bridgehead atoms. The van der Waals surface area contributed by atoms with Crippen molar-refractivity contribution in [3.63, 3.8) is 0 Å². The molecule has 0 spiro atoms. The monoisotopic (exact) mass is 1550 g/mol. The second kappa shape index (κ2) is 32.8. The lowest BCUT2D eigenvalue weighted by Gasteiger charge is -2.20. The predicted molar refractivity (Wildman–Crippen MR) is 452 cm³/mol. The fourth-order valence-electron chi connectivity index (χ4n) is 13.9. The molecule has 14 aromatic rings. The SMILES string of the molecule is CC(=O)N1Cc2cnn(C)c2Nc2ccccc21.COc1ccc2c(c1)NCc1cnn(C)c1N2.Cc1ccc2c(c1)NCc1cnn(C)c1N2.Cc1cccc2c1Nc1c(cnn1C)CN2.Cn1ncc2c1Nc1ccc(Cl)cc1NC2.Cn1ncc2c1Nc1ccc(F)cc1NC2.Cn1ncc2c1Nc1ccccc1NC2. The molecule has 0 unspecified atom stereocenters. The average molecular weight is 1550 g/mol. The van der Waals surface area contributed by atoms with Gasteiger partial charge >= 0.3 is 0 Å². The summed E-state index contributed by atoms with van der Waals surface area (Å²) in [5.41, 5.74) is 24.8. The maximum absolute atomic E-state index is 13.1. The molecule has 32 heteroatoms. The first-order valence-corrected chi connectivity index (χ1v) is 37.5. The molecule has 7 aromatic heterocycles. The van der Waals surface area contributed by atoms with E-state index in [2.05, 4.69) is 167 Å². The van der Waals surface area contributed by atoms with Crippen LogP contribution in [0.15, 0.2) is 183 Å². The molecule has 7 aliphatic rings. The first kappa shape index (κ1) is 75.3. The van der Waals surface area contributed by atoms with E-state index in [1.807, 2.05) is 177 Å². The zero-order valence-corrected chi connectivity index (χ0v) is 65.8. The van der Waals surface area contributed by atoms with Crippen molar-refractivity contribution in [3.8, 4) is 5.75 Å². The number of benzene rings is 7. The number of amides is 1. The number of fused-ring (bicyclic) bond motifs is 14. The molecule has 0 fully saturated rings. The molecular weight excluding hydrogens is 1460 g/mol. The van der Waals surface area contributed by atoms with Gasteiger partial charge in [0.05, 0.1) is 137 Å². The van der Waals surface area contributed by atoms with Crippen molar-refractivity contribution < 1.29 is 13.9 Å². The van der Waals surface area contributed by atoms with E-state index >= 15 is 0 Å². The van der Waals surface area contributed by atoms with Gasteiger partial charge in [0, 0.05) is 146 Å². The third kappa shape index (κ3) is 16.4. The first-order chi connectivity index (χ1) is 55.2. The van der Waals surface area contributed by atoms with E-state index in [-0.39, 0.29) is 11.7 Å². The van der Waals surface area contributed by atoms with Gasteiger partial charge < -0.3 is 78.8 Å². The lowest BCUT2D eigenvalue weighted by Crippen LogP contribution is -2.27. The average Bonchev–Trinajstić information content (AvgIpc) is 1.66. The number of hydrogen-bond donors (Lipinski definition) is 13. The molecule has 14 heterocycles. The Labute approximate surface area is 663 Å². The van der Waals surface area contributed by atoms with Gasteiger partial charge in [-0.25, -0.2) is 4.39 Å². The number of carbonyl (C=O) groups excluding carboxylic acids is 1. The van der Waals surface area contributed by atoms with Crippen LogP contribution in [0.3, 0.4) is 0 Å². The number of nitrogens with zero attached hydrogens (tertiary/aromatic N) is 15. The fraction of sp³-hybridized carbons (Fsp3) is 0.220. The van der Waals surface area contributed by atoms with E-state index in [0.717, 1.165) is 186 Å². The second-order valence-corrected chi connectivity index (χ2v) is 28.4. The first-order valence-electron chi connectivity index (χ1n) is 37.1. The number of nitrogens with one attached hydrogen (secondary N) is 13. The molecule has 0 atom stereocenters. The summed E-state index contributed by atoms with van der Waals surface area (Å²) in [6.45, 7) is 10.9. The number of methoxy groups -OCH3 is 1. The number of aromatic nitrogens is 14. The molecule has 114 heavy (non-hydrogen) atoms. The van der Waals surface area contributed by atoms with Gasteiger partial charge in [-0.2, -0.15) is 35.7 Å². The van der Waals surface area contributed by atoms with Crippen LogP contribution >= 0.6 is 11.6 Å². The van der Waals surface area contributed by atoms with Crippen LogP contribution in [0.25, 0.3) is 0 Å². The highest BCUT2D eigenvalue weighted by Gasteiger charge is 2.26. The summed E-state index contributed by atoms with van der Waals surface area (Å²) in [5.74, 6) is 7.77. The van der Waals surface area contributed by atoms with Crippen LogP contribution in [0, 0.1) is 19.7 Å². The van der Waals surface area contributed by atoms with Crippen molar-refractivity contribution in [1.29, 1.82) is 0 Å². The molecule has 7 aromatic carbocycles. The van der Waals surface area contributed by atoms with Gasteiger partial charge in [-0.15, -0.1) is 0 Å². The standard InChI is InChI=1S/C13H14N4O.C12H14N4O.2C12H14N4.C11H11ClN4.C11H11FN4.C11H12N4/c1-9(18)17-8-10-7-14-16(2)13(10)15-11-5-3-4-6-12(11)17;1-16-12-8(7-14-16)6-13-11-5-9(17-2)3-4-10(11)15-12;1-8-3-4-10-11(5-8)13-6-9-7-14-16(2)12(9)15-10;1-8-4-3-5-10-11(8)15-12-9(6-13-10)7-14-16(12)2;2*1-16-11-7(6-14-16)5-13-10-4-8(12)2-3-9(10)15-11;1-15-11-8(7-13-15)6-12-9-4-2-3-5-10(9)14-11/h3-7,15H,8H2,1-2H3;3-5,7,13,15H,6H2,1-2H3;2*3-5,7,13,15H,6H2,1-2H3;2*2-4,6,13,15H,5H2,1H3;2-5,7,12,14H,6H2,1H3.